The topological polar surface area (TPSA) is 9.23 Å². The molecule has 1 heteroatoms. The van der Waals surface area contributed by atoms with E-state index in [0.717, 1.165) is 38.0 Å². The van der Waals surface area contributed by atoms with Gasteiger partial charge in [0.15, 0.2) is 0 Å². The van der Waals surface area contributed by atoms with E-state index in [9.17, 15) is 0 Å². The molecule has 1 rings (SSSR count). The standard InChI is InChI=1S/C19H30O/c1-5-9-10-11-16(7-3)19-13-12-18(20-14-6-2)15-17(19)8-4/h9-10,12-13,15-16H,5-8,11,14H2,1-4H3/b10-9-. The Hall–Kier alpha value is -1.24. The van der Waals surface area contributed by atoms with Gasteiger partial charge in [-0.25, -0.2) is 0 Å². The molecule has 0 aliphatic heterocycles. The van der Waals surface area contributed by atoms with Gasteiger partial charge in [0.1, 0.15) is 5.75 Å². The second-order valence-electron chi connectivity index (χ2n) is 5.28. The minimum atomic E-state index is 0.632. The second-order valence-corrected chi connectivity index (χ2v) is 5.28. The van der Waals surface area contributed by atoms with Crippen LogP contribution in [0.1, 0.15) is 70.4 Å². The van der Waals surface area contributed by atoms with Crippen molar-refractivity contribution in [3.8, 4) is 5.75 Å². The zero-order valence-corrected chi connectivity index (χ0v) is 13.6. The quantitative estimate of drug-likeness (QED) is 0.510. The Kier molecular flexibility index (Phi) is 8.10. The number of hydrogen-bond acceptors (Lipinski definition) is 1. The highest BCUT2D eigenvalue weighted by Gasteiger charge is 2.12. The zero-order valence-electron chi connectivity index (χ0n) is 13.6. The second kappa shape index (κ2) is 9.63. The number of rotatable bonds is 9. The molecule has 0 fully saturated rings. The van der Waals surface area contributed by atoms with Crippen molar-refractivity contribution in [2.45, 2.75) is 65.7 Å². The number of hydrogen-bond donors (Lipinski definition) is 0. The first-order chi connectivity index (χ1) is 9.76. The highest BCUT2D eigenvalue weighted by molar-refractivity contribution is 5.38. The van der Waals surface area contributed by atoms with E-state index >= 15 is 0 Å². The summed E-state index contributed by atoms with van der Waals surface area (Å²) in [4.78, 5) is 0. The summed E-state index contributed by atoms with van der Waals surface area (Å²) in [5.41, 5.74) is 2.94. The molecule has 0 heterocycles. The summed E-state index contributed by atoms with van der Waals surface area (Å²) in [6.07, 6.45) is 10.2. The Morgan fingerprint density at radius 2 is 1.90 bits per heavy atom. The van der Waals surface area contributed by atoms with Gasteiger partial charge in [0.05, 0.1) is 6.61 Å². The first-order valence-corrected chi connectivity index (χ1v) is 8.17. The Bertz CT molecular complexity index is 406. The lowest BCUT2D eigenvalue weighted by Crippen LogP contribution is -2.03. The van der Waals surface area contributed by atoms with Crippen LogP contribution in [-0.2, 0) is 6.42 Å². The van der Waals surface area contributed by atoms with Crippen molar-refractivity contribution >= 4 is 0 Å². The lowest BCUT2D eigenvalue weighted by molar-refractivity contribution is 0.317. The molecule has 1 unspecified atom stereocenters. The van der Waals surface area contributed by atoms with Gasteiger partial charge in [-0.05, 0) is 61.3 Å². The molecule has 1 nitrogen and oxygen atoms in total. The molecule has 1 aromatic carbocycles. The molecule has 0 aromatic heterocycles. The van der Waals surface area contributed by atoms with Crippen molar-refractivity contribution in [2.24, 2.45) is 0 Å². The molecule has 0 radical (unpaired) electrons. The molecule has 0 saturated carbocycles. The molecule has 0 spiro atoms. The first-order valence-electron chi connectivity index (χ1n) is 8.17. The van der Waals surface area contributed by atoms with E-state index in [1.807, 2.05) is 0 Å². The molecule has 0 N–H and O–H groups in total. The Labute approximate surface area is 125 Å². The van der Waals surface area contributed by atoms with Crippen LogP contribution < -0.4 is 4.74 Å². The molecular weight excluding hydrogens is 244 g/mol. The molecule has 0 bridgehead atoms. The molecule has 0 saturated heterocycles. The van der Waals surface area contributed by atoms with Gasteiger partial charge in [-0.1, -0.05) is 45.9 Å². The minimum Gasteiger partial charge on any atom is -0.494 e. The smallest absolute Gasteiger partial charge is 0.119 e. The van der Waals surface area contributed by atoms with E-state index in [0.29, 0.717) is 5.92 Å². The fraction of sp³-hybridized carbons (Fsp3) is 0.579. The maximum Gasteiger partial charge on any atom is 0.119 e. The van der Waals surface area contributed by atoms with Gasteiger partial charge in [-0.2, -0.15) is 0 Å². The third-order valence-electron chi connectivity index (χ3n) is 3.72. The third-order valence-corrected chi connectivity index (χ3v) is 3.72. The monoisotopic (exact) mass is 274 g/mol. The predicted octanol–water partition coefficient (Wildman–Crippen LogP) is 5.89. The van der Waals surface area contributed by atoms with Crippen molar-refractivity contribution in [1.82, 2.24) is 0 Å². The lowest BCUT2D eigenvalue weighted by atomic mass is 9.88. The van der Waals surface area contributed by atoms with Crippen LogP contribution in [0, 0.1) is 0 Å². The van der Waals surface area contributed by atoms with Crippen molar-refractivity contribution in [2.75, 3.05) is 6.61 Å². The summed E-state index contributed by atoms with van der Waals surface area (Å²) < 4.78 is 5.75. The fourth-order valence-corrected chi connectivity index (χ4v) is 2.54. The summed E-state index contributed by atoms with van der Waals surface area (Å²) in [6, 6.07) is 6.64. The maximum atomic E-state index is 5.75. The molecule has 0 aliphatic carbocycles. The van der Waals surface area contributed by atoms with Crippen LogP contribution in [0.4, 0.5) is 0 Å². The van der Waals surface area contributed by atoms with Crippen LogP contribution in [0.3, 0.4) is 0 Å². The zero-order chi connectivity index (χ0) is 14.8. The lowest BCUT2D eigenvalue weighted by Gasteiger charge is -2.18. The van der Waals surface area contributed by atoms with Crippen LogP contribution in [0.15, 0.2) is 30.4 Å². The number of ether oxygens (including phenoxy) is 1. The van der Waals surface area contributed by atoms with Crippen LogP contribution in [0.5, 0.6) is 5.75 Å². The van der Waals surface area contributed by atoms with Crippen LogP contribution in [0.2, 0.25) is 0 Å². The van der Waals surface area contributed by atoms with Gasteiger partial charge >= 0.3 is 0 Å². The summed E-state index contributed by atoms with van der Waals surface area (Å²) in [5.74, 6) is 1.65. The van der Waals surface area contributed by atoms with Crippen LogP contribution in [0.25, 0.3) is 0 Å². The molecule has 1 aromatic rings. The van der Waals surface area contributed by atoms with E-state index in [1.54, 1.807) is 0 Å². The normalized spacial score (nSPS) is 12.8. The summed E-state index contributed by atoms with van der Waals surface area (Å²) in [5, 5.41) is 0. The van der Waals surface area contributed by atoms with Crippen LogP contribution in [-0.4, -0.2) is 6.61 Å². The average Bonchev–Trinajstić information content (AvgIpc) is 2.49. The van der Waals surface area contributed by atoms with Gasteiger partial charge in [0, 0.05) is 0 Å². The van der Waals surface area contributed by atoms with E-state index in [-0.39, 0.29) is 0 Å². The molecule has 0 amide bonds. The van der Waals surface area contributed by atoms with Crippen molar-refractivity contribution in [3.05, 3.63) is 41.5 Å². The largest absolute Gasteiger partial charge is 0.494 e. The van der Waals surface area contributed by atoms with Crippen molar-refractivity contribution < 1.29 is 4.74 Å². The molecule has 112 valence electrons. The van der Waals surface area contributed by atoms with E-state index < -0.39 is 0 Å². The summed E-state index contributed by atoms with van der Waals surface area (Å²) in [6.45, 7) is 9.65. The van der Waals surface area contributed by atoms with E-state index in [2.05, 4.69) is 58.0 Å². The van der Waals surface area contributed by atoms with E-state index in [1.165, 1.54) is 17.5 Å². The minimum absolute atomic E-state index is 0.632. The van der Waals surface area contributed by atoms with Crippen molar-refractivity contribution in [1.29, 1.82) is 0 Å². The molecule has 20 heavy (non-hydrogen) atoms. The predicted molar refractivity (Wildman–Crippen MR) is 88.7 cm³/mol. The SMILES string of the molecule is CC/C=C\CC(CC)c1ccc(OCCC)cc1CC. The third kappa shape index (κ3) is 5.03. The van der Waals surface area contributed by atoms with Gasteiger partial charge in [-0.15, -0.1) is 0 Å². The fourth-order valence-electron chi connectivity index (χ4n) is 2.54. The van der Waals surface area contributed by atoms with Gasteiger partial charge in [-0.3, -0.25) is 0 Å². The Morgan fingerprint density at radius 1 is 1.10 bits per heavy atom. The van der Waals surface area contributed by atoms with Gasteiger partial charge < -0.3 is 4.74 Å². The maximum absolute atomic E-state index is 5.75. The van der Waals surface area contributed by atoms with Gasteiger partial charge in [0.25, 0.3) is 0 Å². The number of allylic oxidation sites excluding steroid dienone is 2. The molecule has 1 atom stereocenters. The van der Waals surface area contributed by atoms with Crippen LogP contribution >= 0.6 is 0 Å². The number of benzene rings is 1. The Morgan fingerprint density at radius 3 is 2.50 bits per heavy atom. The highest BCUT2D eigenvalue weighted by Crippen LogP contribution is 2.30. The highest BCUT2D eigenvalue weighted by atomic mass is 16.5. The van der Waals surface area contributed by atoms with Gasteiger partial charge in [0.2, 0.25) is 0 Å². The Balaban J connectivity index is 2.88. The van der Waals surface area contributed by atoms with Crippen molar-refractivity contribution in [3.63, 3.8) is 0 Å². The first kappa shape index (κ1) is 16.8. The summed E-state index contributed by atoms with van der Waals surface area (Å²) in [7, 11) is 0. The molecular formula is C19H30O. The average molecular weight is 274 g/mol. The number of aryl methyl sites for hydroxylation is 1. The summed E-state index contributed by atoms with van der Waals surface area (Å²) >= 11 is 0. The molecule has 0 aliphatic rings. The van der Waals surface area contributed by atoms with E-state index in [4.69, 9.17) is 4.74 Å².